The molecule has 1 N–H and O–H groups in total. The van der Waals surface area contributed by atoms with Crippen LogP contribution in [0.15, 0.2) is 60.7 Å². The van der Waals surface area contributed by atoms with Crippen molar-refractivity contribution >= 4 is 17.5 Å². The first kappa shape index (κ1) is 23.1. The van der Waals surface area contributed by atoms with Crippen molar-refractivity contribution in [2.24, 2.45) is 0 Å². The number of amides is 2. The van der Waals surface area contributed by atoms with Crippen molar-refractivity contribution in [1.82, 2.24) is 4.90 Å². The third-order valence-corrected chi connectivity index (χ3v) is 5.61. The number of hydrogen-bond acceptors (Lipinski definition) is 5. The number of carbonyl (C=O) groups excluding carboxylic acids is 2. The largest absolute Gasteiger partial charge is 0.493 e. The zero-order chi connectivity index (χ0) is 24.2. The van der Waals surface area contributed by atoms with Crippen LogP contribution >= 0.6 is 0 Å². The summed E-state index contributed by atoms with van der Waals surface area (Å²) in [4.78, 5) is 27.3. The van der Waals surface area contributed by atoms with Crippen LogP contribution in [0.4, 0.5) is 10.1 Å². The molecule has 0 saturated carbocycles. The van der Waals surface area contributed by atoms with E-state index in [0.29, 0.717) is 28.5 Å². The Bertz CT molecular complexity index is 1230. The van der Waals surface area contributed by atoms with Gasteiger partial charge in [0.05, 0.1) is 19.8 Å². The molecule has 0 fully saturated rings. The van der Waals surface area contributed by atoms with Gasteiger partial charge in [-0.1, -0.05) is 24.3 Å². The second-order valence-corrected chi connectivity index (χ2v) is 7.86. The van der Waals surface area contributed by atoms with Gasteiger partial charge in [0.2, 0.25) is 0 Å². The van der Waals surface area contributed by atoms with Crippen LogP contribution in [0.2, 0.25) is 0 Å². The summed E-state index contributed by atoms with van der Waals surface area (Å²) < 4.78 is 30.8. The van der Waals surface area contributed by atoms with E-state index in [2.05, 4.69) is 5.32 Å². The molecule has 176 valence electrons. The smallest absolute Gasteiger partial charge is 0.263 e. The lowest BCUT2D eigenvalue weighted by molar-refractivity contribution is -0.138. The van der Waals surface area contributed by atoms with E-state index in [1.165, 1.54) is 18.2 Å². The van der Waals surface area contributed by atoms with Gasteiger partial charge in [0, 0.05) is 29.9 Å². The third-order valence-electron chi connectivity index (χ3n) is 5.61. The molecular formula is C26H25FN2O5. The summed E-state index contributed by atoms with van der Waals surface area (Å²) in [6, 6.07) is 16.4. The van der Waals surface area contributed by atoms with Gasteiger partial charge >= 0.3 is 0 Å². The third kappa shape index (κ3) is 4.66. The van der Waals surface area contributed by atoms with Crippen molar-refractivity contribution in [3.05, 3.63) is 83.2 Å². The van der Waals surface area contributed by atoms with Crippen molar-refractivity contribution in [3.8, 4) is 17.2 Å². The van der Waals surface area contributed by atoms with Gasteiger partial charge in [-0.2, -0.15) is 0 Å². The number of methoxy groups -OCH3 is 2. The predicted octanol–water partition coefficient (Wildman–Crippen LogP) is 4.40. The van der Waals surface area contributed by atoms with E-state index in [1.54, 1.807) is 56.4 Å². The molecule has 0 aromatic heterocycles. The van der Waals surface area contributed by atoms with Gasteiger partial charge in [-0.25, -0.2) is 4.39 Å². The van der Waals surface area contributed by atoms with Crippen LogP contribution in [0.5, 0.6) is 17.2 Å². The van der Waals surface area contributed by atoms with Crippen LogP contribution < -0.4 is 19.5 Å². The van der Waals surface area contributed by atoms with Gasteiger partial charge in [-0.05, 0) is 43.3 Å². The number of carbonyl (C=O) groups is 2. The Hall–Kier alpha value is -4.07. The number of fused-ring (bicyclic) bond motifs is 1. The lowest BCUT2D eigenvalue weighted by atomic mass is 10.1. The second kappa shape index (κ2) is 9.82. The molecule has 1 atom stereocenters. The van der Waals surface area contributed by atoms with Crippen LogP contribution in [0.25, 0.3) is 0 Å². The minimum Gasteiger partial charge on any atom is -0.493 e. The number of hydrogen-bond donors (Lipinski definition) is 1. The fraction of sp³-hybridized carbons (Fsp3) is 0.231. The Morgan fingerprint density at radius 3 is 2.65 bits per heavy atom. The minimum atomic E-state index is -0.697. The topological polar surface area (TPSA) is 77.1 Å². The fourth-order valence-electron chi connectivity index (χ4n) is 3.94. The van der Waals surface area contributed by atoms with Crippen LogP contribution in [0.3, 0.4) is 0 Å². The maximum atomic E-state index is 14.0. The summed E-state index contributed by atoms with van der Waals surface area (Å²) in [5, 5.41) is 2.72. The van der Waals surface area contributed by atoms with Crippen molar-refractivity contribution < 1.29 is 28.2 Å². The molecule has 1 unspecified atom stereocenters. The highest BCUT2D eigenvalue weighted by molar-refractivity contribution is 6.04. The van der Waals surface area contributed by atoms with Crippen LogP contribution in [0.1, 0.15) is 28.4 Å². The monoisotopic (exact) mass is 464 g/mol. The summed E-state index contributed by atoms with van der Waals surface area (Å²) in [6.07, 6.45) is -0.697. The lowest BCUT2D eigenvalue weighted by Crippen LogP contribution is -2.37. The highest BCUT2D eigenvalue weighted by Crippen LogP contribution is 2.34. The van der Waals surface area contributed by atoms with Gasteiger partial charge in [-0.3, -0.25) is 9.59 Å². The molecule has 1 aliphatic heterocycles. The Labute approximate surface area is 197 Å². The van der Waals surface area contributed by atoms with Crippen molar-refractivity contribution in [2.75, 3.05) is 19.5 Å². The van der Waals surface area contributed by atoms with E-state index in [4.69, 9.17) is 14.2 Å². The fourth-order valence-corrected chi connectivity index (χ4v) is 3.94. The SMILES string of the molecule is COc1cccc(CN2Cc3cc(NC(=O)c4ccccc4F)ccc3OC(C)C2=O)c1OC. The summed E-state index contributed by atoms with van der Waals surface area (Å²) in [5.41, 5.74) is 1.92. The zero-order valence-electron chi connectivity index (χ0n) is 19.1. The molecule has 7 nitrogen and oxygen atoms in total. The van der Waals surface area contributed by atoms with Crippen molar-refractivity contribution in [3.63, 3.8) is 0 Å². The molecule has 8 heteroatoms. The van der Waals surface area contributed by atoms with E-state index < -0.39 is 17.8 Å². The molecule has 2 amide bonds. The molecule has 1 heterocycles. The van der Waals surface area contributed by atoms with Gasteiger partial charge in [-0.15, -0.1) is 0 Å². The molecule has 0 radical (unpaired) electrons. The highest BCUT2D eigenvalue weighted by atomic mass is 19.1. The summed E-state index contributed by atoms with van der Waals surface area (Å²) in [7, 11) is 3.11. The number of halogens is 1. The van der Waals surface area contributed by atoms with Gasteiger partial charge < -0.3 is 24.4 Å². The van der Waals surface area contributed by atoms with Gasteiger partial charge in [0.1, 0.15) is 11.6 Å². The summed E-state index contributed by atoms with van der Waals surface area (Å²) in [5.74, 6) is 0.334. The van der Waals surface area contributed by atoms with Gasteiger partial charge in [0.25, 0.3) is 11.8 Å². The number of rotatable bonds is 6. The summed E-state index contributed by atoms with van der Waals surface area (Å²) >= 11 is 0. The average Bonchev–Trinajstić information content (AvgIpc) is 2.95. The zero-order valence-corrected chi connectivity index (χ0v) is 19.1. The number of nitrogens with zero attached hydrogens (tertiary/aromatic N) is 1. The normalized spacial score (nSPS) is 15.1. The molecule has 34 heavy (non-hydrogen) atoms. The molecule has 1 aliphatic rings. The number of ether oxygens (including phenoxy) is 3. The molecule has 4 rings (SSSR count). The number of anilines is 1. The molecule has 0 bridgehead atoms. The van der Waals surface area contributed by atoms with E-state index in [-0.39, 0.29) is 24.6 Å². The maximum absolute atomic E-state index is 14.0. The highest BCUT2D eigenvalue weighted by Gasteiger charge is 2.29. The summed E-state index contributed by atoms with van der Waals surface area (Å²) in [6.45, 7) is 2.22. The first-order valence-electron chi connectivity index (χ1n) is 10.8. The molecule has 3 aromatic carbocycles. The molecule has 0 spiro atoms. The molecule has 0 saturated heterocycles. The van der Waals surface area contributed by atoms with Crippen molar-refractivity contribution in [2.45, 2.75) is 26.1 Å². The molecule has 0 aliphatic carbocycles. The first-order valence-corrected chi connectivity index (χ1v) is 10.8. The number of benzene rings is 3. The lowest BCUT2D eigenvalue weighted by Gasteiger charge is -2.24. The number of nitrogens with one attached hydrogen (secondary N) is 1. The predicted molar refractivity (Wildman–Crippen MR) is 125 cm³/mol. The van der Waals surface area contributed by atoms with E-state index >= 15 is 0 Å². The van der Waals surface area contributed by atoms with Gasteiger partial charge in [0.15, 0.2) is 17.6 Å². The Morgan fingerprint density at radius 1 is 1.12 bits per heavy atom. The minimum absolute atomic E-state index is 0.0516. The van der Waals surface area contributed by atoms with E-state index in [0.717, 1.165) is 5.56 Å². The first-order chi connectivity index (χ1) is 16.4. The van der Waals surface area contributed by atoms with E-state index in [9.17, 15) is 14.0 Å². The number of para-hydroxylation sites is 1. The second-order valence-electron chi connectivity index (χ2n) is 7.86. The molecular weight excluding hydrogens is 439 g/mol. The Kier molecular flexibility index (Phi) is 6.67. The maximum Gasteiger partial charge on any atom is 0.263 e. The van der Waals surface area contributed by atoms with E-state index in [1.807, 2.05) is 12.1 Å². The molecule has 3 aromatic rings. The van der Waals surface area contributed by atoms with Crippen LogP contribution in [0, 0.1) is 5.82 Å². The van der Waals surface area contributed by atoms with Crippen LogP contribution in [-0.4, -0.2) is 37.0 Å². The quantitative estimate of drug-likeness (QED) is 0.585. The average molecular weight is 464 g/mol. The Morgan fingerprint density at radius 2 is 1.91 bits per heavy atom. The standard InChI is InChI=1S/C26H25FN2O5/c1-16-26(31)29(14-17-7-6-10-23(32-2)24(17)33-3)15-18-13-19(11-12-22(18)34-16)28-25(30)20-8-4-5-9-21(20)27/h4-13,16H,14-15H2,1-3H3,(H,28,30). The van der Waals surface area contributed by atoms with Crippen LogP contribution in [-0.2, 0) is 17.9 Å². The Balaban J connectivity index is 1.61. The van der Waals surface area contributed by atoms with Crippen molar-refractivity contribution in [1.29, 1.82) is 0 Å².